The van der Waals surface area contributed by atoms with Crippen LogP contribution >= 0.6 is 0 Å². The molecule has 180 valence electrons. The largest absolute Gasteiger partial charge is 0.507 e. The van der Waals surface area contributed by atoms with E-state index in [2.05, 4.69) is 17.1 Å². The van der Waals surface area contributed by atoms with Gasteiger partial charge in [0.05, 0.1) is 11.6 Å². The second-order valence-electron chi connectivity index (χ2n) is 9.59. The van der Waals surface area contributed by atoms with Crippen molar-refractivity contribution in [2.75, 3.05) is 0 Å². The van der Waals surface area contributed by atoms with Gasteiger partial charge in [-0.25, -0.2) is 0 Å². The third kappa shape index (κ3) is 3.89. The van der Waals surface area contributed by atoms with Crippen molar-refractivity contribution in [3.8, 4) is 16.9 Å². The number of phenolic OH excluding ortho intramolecular Hbond substituents is 1. The predicted octanol–water partition coefficient (Wildman–Crippen LogP) is 8.32. The molecule has 0 radical (unpaired) electrons. The van der Waals surface area contributed by atoms with Crippen molar-refractivity contribution in [2.24, 2.45) is 16.8 Å². The highest BCUT2D eigenvalue weighted by Crippen LogP contribution is 2.44. The first-order valence-electron chi connectivity index (χ1n) is 12.1. The summed E-state index contributed by atoms with van der Waals surface area (Å²) in [5.41, 5.74) is 0.0153. The maximum atomic E-state index is 14.0. The molecule has 0 bridgehead atoms. The number of hydrogen-bond donors (Lipinski definition) is 1. The van der Waals surface area contributed by atoms with Crippen LogP contribution in [0.5, 0.6) is 5.75 Å². The fourth-order valence-corrected chi connectivity index (χ4v) is 5.69. The minimum Gasteiger partial charge on any atom is -0.507 e. The van der Waals surface area contributed by atoms with E-state index in [0.29, 0.717) is 11.5 Å². The highest BCUT2D eigenvalue weighted by molar-refractivity contribution is 6.14. The van der Waals surface area contributed by atoms with E-state index in [1.54, 1.807) is 0 Å². The number of hydrogen-bond acceptors (Lipinski definition) is 2. The zero-order valence-corrected chi connectivity index (χ0v) is 19.4. The van der Waals surface area contributed by atoms with Gasteiger partial charge in [-0.3, -0.25) is 4.99 Å². The van der Waals surface area contributed by atoms with Crippen molar-refractivity contribution >= 4 is 27.8 Å². The van der Waals surface area contributed by atoms with Crippen LogP contribution < -0.4 is 0 Å². The summed E-state index contributed by atoms with van der Waals surface area (Å²) in [7, 11) is 0. The second kappa shape index (κ2) is 8.66. The SMILES string of the molecule is Oc1c(C=NC2CC[C@H]3C=CC=CC23)cc(C(F)(F)F)cc1-c1c2ccccc2cc2ccccc12. The number of phenols is 1. The highest BCUT2D eigenvalue weighted by Gasteiger charge is 2.34. The fourth-order valence-electron chi connectivity index (χ4n) is 5.69. The first-order valence-corrected chi connectivity index (χ1v) is 12.1. The van der Waals surface area contributed by atoms with Crippen molar-refractivity contribution in [3.63, 3.8) is 0 Å². The quantitative estimate of drug-likeness (QED) is 0.231. The van der Waals surface area contributed by atoms with Gasteiger partial charge in [0.2, 0.25) is 0 Å². The van der Waals surface area contributed by atoms with E-state index in [9.17, 15) is 18.3 Å². The molecule has 36 heavy (non-hydrogen) atoms. The summed E-state index contributed by atoms with van der Waals surface area (Å²) in [6, 6.07) is 19.2. The molecule has 0 spiro atoms. The van der Waals surface area contributed by atoms with Gasteiger partial charge in [0.1, 0.15) is 5.75 Å². The van der Waals surface area contributed by atoms with Crippen LogP contribution in [0.25, 0.3) is 32.7 Å². The Morgan fingerprint density at radius 2 is 1.50 bits per heavy atom. The normalized spacial score (nSPS) is 21.6. The molecular formula is C31H24F3NO. The van der Waals surface area contributed by atoms with Gasteiger partial charge in [-0.05, 0) is 58.5 Å². The van der Waals surface area contributed by atoms with Gasteiger partial charge < -0.3 is 5.11 Å². The molecule has 2 nitrogen and oxygen atoms in total. The third-order valence-corrected chi connectivity index (χ3v) is 7.45. The van der Waals surface area contributed by atoms with Crippen molar-refractivity contribution in [3.05, 3.63) is 102 Å². The molecule has 4 aromatic rings. The smallest absolute Gasteiger partial charge is 0.416 e. The van der Waals surface area contributed by atoms with Crippen LogP contribution in [0.15, 0.2) is 96.0 Å². The molecular weight excluding hydrogens is 459 g/mol. The number of aliphatic imine (C=N–C) groups is 1. The molecule has 1 saturated carbocycles. The van der Waals surface area contributed by atoms with E-state index in [4.69, 9.17) is 0 Å². The number of benzene rings is 4. The molecule has 0 amide bonds. The number of allylic oxidation sites excluding steroid dienone is 3. The first kappa shape index (κ1) is 22.6. The molecule has 3 atom stereocenters. The standard InChI is InChI=1S/C31H24F3NO/c32-31(33,34)23-16-22(18-35-28-14-13-19-7-1-4-10-24(19)28)30(36)27(17-23)29-25-11-5-2-8-20(25)15-21-9-3-6-12-26(21)29/h1-12,15-19,24,28,36H,13-14H2/t19-,24?,28?/m1/s1. The summed E-state index contributed by atoms with van der Waals surface area (Å²) in [6.45, 7) is 0. The maximum absolute atomic E-state index is 14.0. The zero-order valence-electron chi connectivity index (χ0n) is 19.4. The summed E-state index contributed by atoms with van der Waals surface area (Å²) < 4.78 is 42.1. The molecule has 2 unspecified atom stereocenters. The van der Waals surface area contributed by atoms with Gasteiger partial charge in [-0.15, -0.1) is 0 Å². The number of halogens is 3. The second-order valence-corrected chi connectivity index (χ2v) is 9.59. The van der Waals surface area contributed by atoms with Crippen LogP contribution in [-0.2, 0) is 6.18 Å². The van der Waals surface area contributed by atoms with E-state index in [1.807, 2.05) is 66.7 Å². The summed E-state index contributed by atoms with van der Waals surface area (Å²) in [6.07, 6.45) is 7.05. The Morgan fingerprint density at radius 3 is 2.19 bits per heavy atom. The molecule has 0 aliphatic heterocycles. The average Bonchev–Trinajstić information content (AvgIpc) is 3.29. The van der Waals surface area contributed by atoms with Gasteiger partial charge in [-0.1, -0.05) is 72.8 Å². The fraction of sp³-hybridized carbons (Fsp3) is 0.194. The van der Waals surface area contributed by atoms with E-state index >= 15 is 0 Å². The number of rotatable bonds is 3. The molecule has 6 rings (SSSR count). The Labute approximate surface area is 207 Å². The summed E-state index contributed by atoms with van der Waals surface area (Å²) in [4.78, 5) is 4.68. The van der Waals surface area contributed by atoms with Crippen molar-refractivity contribution in [2.45, 2.75) is 25.1 Å². The van der Waals surface area contributed by atoms with Gasteiger partial charge >= 0.3 is 6.18 Å². The van der Waals surface area contributed by atoms with Crippen molar-refractivity contribution in [1.82, 2.24) is 0 Å². The van der Waals surface area contributed by atoms with Crippen LogP contribution in [0.3, 0.4) is 0 Å². The molecule has 0 heterocycles. The summed E-state index contributed by atoms with van der Waals surface area (Å²) in [5, 5.41) is 14.7. The Hall–Kier alpha value is -3.86. The molecule has 4 aromatic carbocycles. The zero-order chi connectivity index (χ0) is 24.9. The van der Waals surface area contributed by atoms with Crippen LogP contribution in [0.2, 0.25) is 0 Å². The van der Waals surface area contributed by atoms with Crippen LogP contribution in [0.1, 0.15) is 24.0 Å². The number of fused-ring (bicyclic) bond motifs is 3. The van der Waals surface area contributed by atoms with E-state index < -0.39 is 11.7 Å². The summed E-state index contributed by atoms with van der Waals surface area (Å²) in [5.74, 6) is 0.451. The van der Waals surface area contributed by atoms with Gasteiger partial charge in [0, 0.05) is 28.8 Å². The van der Waals surface area contributed by atoms with Crippen LogP contribution in [0, 0.1) is 11.8 Å². The lowest BCUT2D eigenvalue weighted by Crippen LogP contribution is -2.16. The third-order valence-electron chi connectivity index (χ3n) is 7.45. The predicted molar refractivity (Wildman–Crippen MR) is 139 cm³/mol. The van der Waals surface area contributed by atoms with Crippen LogP contribution in [-0.4, -0.2) is 17.4 Å². The molecule has 1 fully saturated rings. The molecule has 1 N–H and O–H groups in total. The van der Waals surface area contributed by atoms with E-state index in [0.717, 1.165) is 46.5 Å². The van der Waals surface area contributed by atoms with E-state index in [1.165, 1.54) is 6.21 Å². The average molecular weight is 484 g/mol. The van der Waals surface area contributed by atoms with Gasteiger partial charge in [-0.2, -0.15) is 13.2 Å². The molecule has 2 aliphatic rings. The molecule has 2 aliphatic carbocycles. The number of alkyl halides is 3. The number of nitrogens with zero attached hydrogens (tertiary/aromatic N) is 1. The maximum Gasteiger partial charge on any atom is 0.416 e. The van der Waals surface area contributed by atoms with Crippen LogP contribution in [0.4, 0.5) is 13.2 Å². The minimum atomic E-state index is -4.57. The topological polar surface area (TPSA) is 32.6 Å². The lowest BCUT2D eigenvalue weighted by Gasteiger charge is -2.19. The molecule has 0 aromatic heterocycles. The monoisotopic (exact) mass is 483 g/mol. The summed E-state index contributed by atoms with van der Waals surface area (Å²) >= 11 is 0. The Kier molecular flexibility index (Phi) is 5.44. The Bertz CT molecular complexity index is 1510. The number of aromatic hydroxyl groups is 1. The Balaban J connectivity index is 1.55. The van der Waals surface area contributed by atoms with Gasteiger partial charge in [0.25, 0.3) is 0 Å². The molecule has 5 heteroatoms. The first-order chi connectivity index (χ1) is 17.4. The van der Waals surface area contributed by atoms with Crippen molar-refractivity contribution < 1.29 is 18.3 Å². The lowest BCUT2D eigenvalue weighted by atomic mass is 9.89. The highest BCUT2D eigenvalue weighted by atomic mass is 19.4. The minimum absolute atomic E-state index is 0.0213. The molecule has 0 saturated heterocycles. The lowest BCUT2D eigenvalue weighted by molar-refractivity contribution is -0.137. The van der Waals surface area contributed by atoms with E-state index in [-0.39, 0.29) is 28.8 Å². The van der Waals surface area contributed by atoms with Crippen molar-refractivity contribution in [1.29, 1.82) is 0 Å². The Morgan fingerprint density at radius 1 is 0.833 bits per heavy atom. The van der Waals surface area contributed by atoms with Gasteiger partial charge in [0.15, 0.2) is 0 Å².